The molecule has 1 nitrogen and oxygen atoms in total. The molecule has 1 fully saturated rings. The maximum absolute atomic E-state index is 2.73. The molecule has 0 aromatic heterocycles. The highest BCUT2D eigenvalue weighted by Crippen LogP contribution is 2.62. The van der Waals surface area contributed by atoms with Gasteiger partial charge in [-0.1, -0.05) is 117 Å². The molecule has 1 aliphatic carbocycles. The highest BCUT2D eigenvalue weighted by atomic mass is 15.3. The van der Waals surface area contributed by atoms with Gasteiger partial charge in [-0.15, -0.1) is 0 Å². The molecule has 7 aromatic rings. The largest absolute Gasteiger partial charge is 0.334 e. The van der Waals surface area contributed by atoms with E-state index in [0.29, 0.717) is 0 Å². The molecule has 0 radical (unpaired) electrons. The first-order valence-corrected chi connectivity index (χ1v) is 16.7. The van der Waals surface area contributed by atoms with Crippen LogP contribution >= 0.6 is 0 Å². The van der Waals surface area contributed by atoms with Gasteiger partial charge >= 0.3 is 0 Å². The van der Waals surface area contributed by atoms with E-state index in [4.69, 9.17) is 0 Å². The molecule has 0 amide bonds. The molecule has 1 heteroatoms. The first-order valence-electron chi connectivity index (χ1n) is 16.7. The van der Waals surface area contributed by atoms with E-state index in [1.54, 1.807) is 0 Å². The Kier molecular flexibility index (Phi) is 5.61. The molecule has 1 saturated carbocycles. The highest BCUT2D eigenvalue weighted by molar-refractivity contribution is 6.27. The molecular weight excluding hydrogens is 542 g/mol. The summed E-state index contributed by atoms with van der Waals surface area (Å²) in [5.41, 5.74) is 12.5. The molecule has 220 valence electrons. The second-order valence-corrected chi connectivity index (χ2v) is 14.1. The lowest BCUT2D eigenvalue weighted by Crippen LogP contribution is -2.54. The number of nitrogens with zero attached hydrogens (tertiary/aromatic N) is 1. The molecule has 2 unspecified atom stereocenters. The van der Waals surface area contributed by atoms with Crippen LogP contribution in [0.5, 0.6) is 0 Å². The van der Waals surface area contributed by atoms with Crippen LogP contribution in [0.3, 0.4) is 0 Å². The minimum absolute atomic E-state index is 0.0429. The lowest BCUT2D eigenvalue weighted by Gasteiger charge is -2.50. The van der Waals surface area contributed by atoms with Gasteiger partial charge in [-0.05, 0) is 123 Å². The molecule has 7 aromatic carbocycles. The second kappa shape index (κ2) is 9.44. The van der Waals surface area contributed by atoms with Gasteiger partial charge in [0.25, 0.3) is 0 Å². The Morgan fingerprint density at radius 3 is 1.82 bits per heavy atom. The molecule has 1 heterocycles. The van der Waals surface area contributed by atoms with E-state index in [-0.39, 0.29) is 11.0 Å². The van der Waals surface area contributed by atoms with E-state index >= 15 is 0 Å². The van der Waals surface area contributed by atoms with E-state index in [0.717, 1.165) is 0 Å². The molecule has 2 aliphatic rings. The first kappa shape index (κ1) is 26.8. The van der Waals surface area contributed by atoms with Crippen LogP contribution in [0.2, 0.25) is 0 Å². The lowest BCUT2D eigenvalue weighted by molar-refractivity contribution is 0.195. The predicted molar refractivity (Wildman–Crippen MR) is 193 cm³/mol. The summed E-state index contributed by atoms with van der Waals surface area (Å²) in [6, 6.07) is 43.3. The fraction of sp³-hybridized carbons (Fsp3) is 0.227. The van der Waals surface area contributed by atoms with E-state index in [9.17, 15) is 0 Å². The minimum atomic E-state index is 0.0429. The maximum Gasteiger partial charge on any atom is 0.0518 e. The van der Waals surface area contributed by atoms with Crippen molar-refractivity contribution in [1.82, 2.24) is 0 Å². The Hall–Kier alpha value is -4.62. The number of hydrogen-bond donors (Lipinski definition) is 0. The SMILES string of the molecule is Cc1c(-c2ccc3ccc4c(-c5ccccc5)ccc5ccc2c3c54)cc2c(c1C)N(c1ccccc1)C1(C)CCCCC21C. The Bertz CT molecular complexity index is 2260. The smallest absolute Gasteiger partial charge is 0.0518 e. The molecule has 0 bridgehead atoms. The van der Waals surface area contributed by atoms with Crippen LogP contribution in [0, 0.1) is 13.8 Å². The van der Waals surface area contributed by atoms with Crippen molar-refractivity contribution >= 4 is 43.7 Å². The van der Waals surface area contributed by atoms with Crippen molar-refractivity contribution in [2.24, 2.45) is 0 Å². The van der Waals surface area contributed by atoms with Gasteiger partial charge in [-0.3, -0.25) is 0 Å². The quantitative estimate of drug-likeness (QED) is 0.188. The van der Waals surface area contributed by atoms with E-state index in [1.807, 2.05) is 0 Å². The van der Waals surface area contributed by atoms with Gasteiger partial charge in [0, 0.05) is 16.8 Å². The monoisotopic (exact) mass is 581 g/mol. The van der Waals surface area contributed by atoms with Crippen LogP contribution in [0.1, 0.15) is 56.2 Å². The standard InChI is InChI=1S/C44H39N/c1-28-29(2)42-39(43(3)25-11-12-26-44(43,4)45(42)33-15-9-6-10-16-33)27-38(28)35-22-18-32-19-23-36-34(30-13-7-5-8-14-30)21-17-31-20-24-37(35)41(32)40(31)36/h5-10,13-24,27H,11-12,25-26H2,1-4H3. The van der Waals surface area contributed by atoms with Crippen molar-refractivity contribution in [2.75, 3.05) is 4.90 Å². The molecule has 0 spiro atoms. The Morgan fingerprint density at radius 2 is 1.13 bits per heavy atom. The van der Waals surface area contributed by atoms with Crippen molar-refractivity contribution in [1.29, 1.82) is 0 Å². The van der Waals surface area contributed by atoms with Crippen LogP contribution < -0.4 is 4.90 Å². The summed E-state index contributed by atoms with van der Waals surface area (Å²) in [4.78, 5) is 2.73. The summed E-state index contributed by atoms with van der Waals surface area (Å²) >= 11 is 0. The summed E-state index contributed by atoms with van der Waals surface area (Å²) in [6.07, 6.45) is 5.01. The molecule has 45 heavy (non-hydrogen) atoms. The van der Waals surface area contributed by atoms with E-state index in [1.165, 1.54) is 108 Å². The molecule has 1 aliphatic heterocycles. The third-order valence-corrected chi connectivity index (χ3v) is 12.0. The van der Waals surface area contributed by atoms with E-state index in [2.05, 4.69) is 148 Å². The number of hydrogen-bond acceptors (Lipinski definition) is 1. The Morgan fingerprint density at radius 1 is 0.556 bits per heavy atom. The van der Waals surface area contributed by atoms with Gasteiger partial charge in [-0.2, -0.15) is 0 Å². The molecule has 9 rings (SSSR count). The third kappa shape index (κ3) is 3.50. The molecule has 0 saturated heterocycles. The van der Waals surface area contributed by atoms with Crippen molar-refractivity contribution in [3.8, 4) is 22.3 Å². The van der Waals surface area contributed by atoms with Crippen molar-refractivity contribution in [3.05, 3.63) is 132 Å². The van der Waals surface area contributed by atoms with Crippen LogP contribution in [-0.2, 0) is 5.41 Å². The predicted octanol–water partition coefficient (Wildman–Crippen LogP) is 12.3. The van der Waals surface area contributed by atoms with Gasteiger partial charge in [-0.25, -0.2) is 0 Å². The average molecular weight is 582 g/mol. The van der Waals surface area contributed by atoms with Crippen molar-refractivity contribution in [3.63, 3.8) is 0 Å². The zero-order chi connectivity index (χ0) is 30.5. The van der Waals surface area contributed by atoms with E-state index < -0.39 is 0 Å². The van der Waals surface area contributed by atoms with Gasteiger partial charge in [0.1, 0.15) is 0 Å². The molecule has 0 N–H and O–H groups in total. The van der Waals surface area contributed by atoms with Crippen molar-refractivity contribution in [2.45, 2.75) is 64.3 Å². The van der Waals surface area contributed by atoms with Crippen molar-refractivity contribution < 1.29 is 0 Å². The number of fused-ring (bicyclic) bond motifs is 3. The number of rotatable bonds is 3. The Balaban J connectivity index is 1.32. The lowest BCUT2D eigenvalue weighted by atomic mass is 9.61. The number of para-hydroxylation sites is 1. The minimum Gasteiger partial charge on any atom is -0.334 e. The van der Waals surface area contributed by atoms with Crippen LogP contribution in [0.25, 0.3) is 54.6 Å². The zero-order valence-corrected chi connectivity index (χ0v) is 26.7. The summed E-state index contributed by atoms with van der Waals surface area (Å²) in [6.45, 7) is 9.82. The second-order valence-electron chi connectivity index (χ2n) is 14.1. The van der Waals surface area contributed by atoms with Gasteiger partial charge < -0.3 is 4.90 Å². The average Bonchev–Trinajstić information content (AvgIpc) is 3.29. The number of benzene rings is 7. The summed E-state index contributed by atoms with van der Waals surface area (Å²) < 4.78 is 0. The summed E-state index contributed by atoms with van der Waals surface area (Å²) in [7, 11) is 0. The van der Waals surface area contributed by atoms with Gasteiger partial charge in [0.2, 0.25) is 0 Å². The maximum atomic E-state index is 2.73. The third-order valence-electron chi connectivity index (χ3n) is 12.0. The normalized spacial score (nSPS) is 21.1. The Labute approximate surface area is 266 Å². The van der Waals surface area contributed by atoms with Gasteiger partial charge in [0.05, 0.1) is 5.54 Å². The van der Waals surface area contributed by atoms with Crippen LogP contribution in [0.4, 0.5) is 11.4 Å². The molecule has 2 atom stereocenters. The number of anilines is 2. The first-order chi connectivity index (χ1) is 21.9. The summed E-state index contributed by atoms with van der Waals surface area (Å²) in [5.74, 6) is 0. The highest BCUT2D eigenvalue weighted by Gasteiger charge is 2.58. The summed E-state index contributed by atoms with van der Waals surface area (Å²) in [5, 5.41) is 8.08. The van der Waals surface area contributed by atoms with Gasteiger partial charge in [0.15, 0.2) is 0 Å². The topological polar surface area (TPSA) is 3.24 Å². The van der Waals surface area contributed by atoms with Crippen LogP contribution in [0.15, 0.2) is 115 Å². The van der Waals surface area contributed by atoms with Crippen LogP contribution in [-0.4, -0.2) is 5.54 Å². The fourth-order valence-corrected chi connectivity index (χ4v) is 9.31. The molecular formula is C44H39N. The fourth-order valence-electron chi connectivity index (χ4n) is 9.31. The zero-order valence-electron chi connectivity index (χ0n) is 26.7.